The van der Waals surface area contributed by atoms with Crippen LogP contribution in [-0.4, -0.2) is 12.6 Å². The maximum Gasteiger partial charge on any atom is 0.134 e. The fraction of sp³-hybridized carbons (Fsp3) is 0.900. The van der Waals surface area contributed by atoms with Gasteiger partial charge in [0.2, 0.25) is 0 Å². The van der Waals surface area contributed by atoms with E-state index in [2.05, 4.69) is 30.5 Å². The van der Waals surface area contributed by atoms with Gasteiger partial charge in [0, 0.05) is 6.42 Å². The van der Waals surface area contributed by atoms with Crippen LogP contribution in [0.4, 0.5) is 0 Å². The van der Waals surface area contributed by atoms with Crippen molar-refractivity contribution in [3.63, 3.8) is 0 Å². The van der Waals surface area contributed by atoms with Gasteiger partial charge in [-0.3, -0.25) is 0 Å². The number of rotatable bonds is 17. The summed E-state index contributed by atoms with van der Waals surface area (Å²) >= 11 is 0. The van der Waals surface area contributed by atoms with E-state index in [1.807, 2.05) is 0 Å². The molecule has 0 fully saturated rings. The number of halogens is 2. The lowest BCUT2D eigenvalue weighted by Gasteiger charge is -2.02. The third kappa shape index (κ3) is 24.5. The maximum atomic E-state index is 4.07. The summed E-state index contributed by atoms with van der Waals surface area (Å²) < 4.78 is 0. The Morgan fingerprint density at radius 1 is 0.667 bits per heavy atom. The standard InChI is InChI=1S/C20H42N2.2ClH/c1-2-3-4-5-6-7-8-9-10-11-12-13-14-15-16-17-18-20(22)19-21;;/h15-16,20H,2-14,17-19,21-22H2,1H3;2*1H/b16-15-;;/t20-;;/m0../s1. The molecule has 0 aromatic carbocycles. The zero-order valence-electron chi connectivity index (χ0n) is 16.2. The smallest absolute Gasteiger partial charge is 0.134 e. The van der Waals surface area contributed by atoms with Gasteiger partial charge >= 0.3 is 0 Å². The third-order valence-electron chi connectivity index (χ3n) is 4.54. The van der Waals surface area contributed by atoms with Crippen molar-refractivity contribution >= 4 is 0 Å². The average molecular weight is 383 g/mol. The second-order valence-corrected chi connectivity index (χ2v) is 6.88. The van der Waals surface area contributed by atoms with Crippen LogP contribution in [0.1, 0.15) is 103 Å². The molecule has 4 heteroatoms. The van der Waals surface area contributed by atoms with E-state index in [1.165, 1.54) is 96.3 Å². The van der Waals surface area contributed by atoms with Crippen LogP contribution < -0.4 is 36.3 Å². The molecule has 148 valence electrons. The van der Waals surface area contributed by atoms with Crippen molar-refractivity contribution in [3.05, 3.63) is 12.2 Å². The fourth-order valence-electron chi connectivity index (χ4n) is 2.82. The highest BCUT2D eigenvalue weighted by molar-refractivity contribution is 4.82. The van der Waals surface area contributed by atoms with Crippen LogP contribution >= 0.6 is 0 Å². The average Bonchev–Trinajstić information content (AvgIpc) is 2.54. The lowest BCUT2D eigenvalue weighted by atomic mass is 10.0. The first-order valence-electron chi connectivity index (χ1n) is 10.1. The van der Waals surface area contributed by atoms with Gasteiger partial charge in [0.1, 0.15) is 12.6 Å². The molecule has 0 saturated carbocycles. The summed E-state index contributed by atoms with van der Waals surface area (Å²) in [5.74, 6) is 0. The Morgan fingerprint density at radius 3 is 1.54 bits per heavy atom. The monoisotopic (exact) mass is 382 g/mol. The second-order valence-electron chi connectivity index (χ2n) is 6.88. The first-order valence-corrected chi connectivity index (χ1v) is 10.1. The zero-order valence-corrected chi connectivity index (χ0v) is 17.7. The van der Waals surface area contributed by atoms with Gasteiger partial charge in [0.15, 0.2) is 0 Å². The molecule has 0 amide bonds. The Kier molecular flexibility index (Phi) is 30.8. The van der Waals surface area contributed by atoms with E-state index >= 15 is 0 Å². The highest BCUT2D eigenvalue weighted by Gasteiger charge is 2.01. The van der Waals surface area contributed by atoms with Crippen molar-refractivity contribution in [1.29, 1.82) is 0 Å². The summed E-state index contributed by atoms with van der Waals surface area (Å²) in [7, 11) is 0. The molecule has 0 radical (unpaired) electrons. The Hall–Kier alpha value is 0.240. The highest BCUT2D eigenvalue weighted by Crippen LogP contribution is 2.12. The van der Waals surface area contributed by atoms with Gasteiger partial charge in [0.25, 0.3) is 0 Å². The van der Waals surface area contributed by atoms with Crippen LogP contribution in [0.2, 0.25) is 0 Å². The van der Waals surface area contributed by atoms with Gasteiger partial charge in [-0.15, -0.1) is 0 Å². The van der Waals surface area contributed by atoms with Gasteiger partial charge in [-0.2, -0.15) is 0 Å². The molecule has 2 nitrogen and oxygen atoms in total. The number of hydrogen-bond acceptors (Lipinski definition) is 0. The van der Waals surface area contributed by atoms with E-state index in [4.69, 9.17) is 0 Å². The summed E-state index contributed by atoms with van der Waals surface area (Å²) in [6.07, 6.45) is 25.6. The summed E-state index contributed by atoms with van der Waals surface area (Å²) in [5, 5.41) is 0. The van der Waals surface area contributed by atoms with E-state index < -0.39 is 0 Å². The number of allylic oxidation sites excluding steroid dienone is 2. The predicted molar refractivity (Wildman–Crippen MR) is 98.5 cm³/mol. The van der Waals surface area contributed by atoms with Gasteiger partial charge in [-0.05, 0) is 19.3 Å². The summed E-state index contributed by atoms with van der Waals surface area (Å²) in [5.41, 5.74) is 7.96. The van der Waals surface area contributed by atoms with Crippen LogP contribution in [0.3, 0.4) is 0 Å². The summed E-state index contributed by atoms with van der Waals surface area (Å²) in [4.78, 5) is 0. The van der Waals surface area contributed by atoms with E-state index in [1.54, 1.807) is 0 Å². The molecule has 6 N–H and O–H groups in total. The topological polar surface area (TPSA) is 55.3 Å². The molecule has 0 spiro atoms. The van der Waals surface area contributed by atoms with Crippen molar-refractivity contribution < 1.29 is 36.3 Å². The van der Waals surface area contributed by atoms with E-state index in [-0.39, 0.29) is 24.8 Å². The maximum absolute atomic E-state index is 4.07. The van der Waals surface area contributed by atoms with Crippen LogP contribution in [0.25, 0.3) is 0 Å². The minimum absolute atomic E-state index is 0. The van der Waals surface area contributed by atoms with E-state index in [0.717, 1.165) is 6.54 Å². The number of hydrogen-bond donors (Lipinski definition) is 2. The Balaban J connectivity index is -0.00000220. The lowest BCUT2D eigenvalue weighted by molar-refractivity contribution is -0.494. The zero-order chi connectivity index (χ0) is 16.3. The Bertz CT molecular complexity index is 236. The van der Waals surface area contributed by atoms with E-state index in [0.29, 0.717) is 6.04 Å². The molecule has 0 aliphatic heterocycles. The second kappa shape index (κ2) is 25.5. The number of unbranched alkanes of at least 4 members (excludes halogenated alkanes) is 12. The van der Waals surface area contributed by atoms with Gasteiger partial charge in [-0.1, -0.05) is 89.7 Å². The normalized spacial score (nSPS) is 12.0. The molecule has 0 aromatic heterocycles. The minimum Gasteiger partial charge on any atom is -1.00 e. The van der Waals surface area contributed by atoms with Crippen molar-refractivity contribution in [3.8, 4) is 0 Å². The molecular weight excluding hydrogens is 339 g/mol. The summed E-state index contributed by atoms with van der Waals surface area (Å²) in [6.45, 7) is 3.25. The van der Waals surface area contributed by atoms with Crippen molar-refractivity contribution in [2.45, 2.75) is 109 Å². The molecule has 0 heterocycles. The molecule has 0 bridgehead atoms. The fourth-order valence-corrected chi connectivity index (χ4v) is 2.82. The van der Waals surface area contributed by atoms with E-state index in [9.17, 15) is 0 Å². The van der Waals surface area contributed by atoms with Crippen LogP contribution in [0, 0.1) is 0 Å². The SMILES string of the molecule is CCCCCCCCCCCCCC/C=C\CC[C@H]([NH3+])C[NH3+].[Cl-].[Cl-]. The molecular formula is C20H44Cl2N2. The molecule has 1 atom stereocenters. The summed E-state index contributed by atoms with van der Waals surface area (Å²) in [6, 6.07) is 0.538. The minimum atomic E-state index is 0. The molecule has 0 aromatic rings. The Morgan fingerprint density at radius 2 is 1.08 bits per heavy atom. The Labute approximate surface area is 164 Å². The molecule has 0 aliphatic rings. The van der Waals surface area contributed by atoms with Gasteiger partial charge < -0.3 is 36.3 Å². The predicted octanol–water partition coefficient (Wildman–Crippen LogP) is -1.73. The van der Waals surface area contributed by atoms with Gasteiger partial charge in [0.05, 0.1) is 0 Å². The molecule has 0 rings (SSSR count). The quantitative estimate of drug-likeness (QED) is 0.222. The van der Waals surface area contributed by atoms with Gasteiger partial charge in [-0.25, -0.2) is 0 Å². The van der Waals surface area contributed by atoms with Crippen LogP contribution in [-0.2, 0) is 0 Å². The lowest BCUT2D eigenvalue weighted by Crippen LogP contribution is -3.00. The van der Waals surface area contributed by atoms with Crippen LogP contribution in [0.5, 0.6) is 0 Å². The molecule has 0 saturated heterocycles. The first-order chi connectivity index (χ1) is 10.8. The van der Waals surface area contributed by atoms with Crippen LogP contribution in [0.15, 0.2) is 12.2 Å². The third-order valence-corrected chi connectivity index (χ3v) is 4.54. The van der Waals surface area contributed by atoms with Crippen molar-refractivity contribution in [2.24, 2.45) is 0 Å². The highest BCUT2D eigenvalue weighted by atomic mass is 35.5. The molecule has 0 unspecified atom stereocenters. The van der Waals surface area contributed by atoms with Crippen molar-refractivity contribution in [2.75, 3.05) is 6.54 Å². The largest absolute Gasteiger partial charge is 1.00 e. The number of quaternary nitrogens is 2. The van der Waals surface area contributed by atoms with Crippen molar-refractivity contribution in [1.82, 2.24) is 0 Å². The molecule has 0 aliphatic carbocycles. The molecule has 24 heavy (non-hydrogen) atoms. The first kappa shape index (κ1) is 29.0.